The first-order valence-electron chi connectivity index (χ1n) is 9.69. The van der Waals surface area contributed by atoms with Crippen molar-refractivity contribution in [2.45, 2.75) is 50.8 Å². The van der Waals surface area contributed by atoms with Crippen LogP contribution in [-0.4, -0.2) is 65.0 Å². The predicted octanol–water partition coefficient (Wildman–Crippen LogP) is 1.03. The molecule has 1 saturated heterocycles. The van der Waals surface area contributed by atoms with Gasteiger partial charge in [0, 0.05) is 24.6 Å². The Morgan fingerprint density at radius 1 is 1.20 bits per heavy atom. The number of aliphatic hydroxyl groups excluding tert-OH is 2. The molecular weight excluding hydrogens is 392 g/mol. The fourth-order valence-corrected chi connectivity index (χ4v) is 3.14. The number of carbonyl (C=O) groups is 1. The SMILES string of the molecule is CCc1ccc(Cc2cnc(OC)nc2OC2OC(C(=O)OC)CC(O)C2O)cc1. The molecule has 2 aromatic rings. The molecule has 0 radical (unpaired) electrons. The number of rotatable bonds is 7. The highest BCUT2D eigenvalue weighted by molar-refractivity contribution is 5.74. The third kappa shape index (κ3) is 5.05. The van der Waals surface area contributed by atoms with E-state index >= 15 is 0 Å². The summed E-state index contributed by atoms with van der Waals surface area (Å²) < 4.78 is 21.1. The van der Waals surface area contributed by atoms with Crippen molar-refractivity contribution in [3.63, 3.8) is 0 Å². The summed E-state index contributed by atoms with van der Waals surface area (Å²) in [5.74, 6) is -0.533. The minimum absolute atomic E-state index is 0.0745. The van der Waals surface area contributed by atoms with E-state index in [1.165, 1.54) is 19.8 Å². The molecular formula is C21H26N2O7. The van der Waals surface area contributed by atoms with Gasteiger partial charge in [-0.1, -0.05) is 31.2 Å². The number of aliphatic hydroxyl groups is 2. The van der Waals surface area contributed by atoms with Gasteiger partial charge in [0.1, 0.15) is 6.10 Å². The van der Waals surface area contributed by atoms with Crippen molar-refractivity contribution < 1.29 is 34.0 Å². The number of carbonyl (C=O) groups excluding carboxylic acids is 1. The maximum absolute atomic E-state index is 11.8. The minimum Gasteiger partial charge on any atom is -0.467 e. The molecule has 1 fully saturated rings. The fourth-order valence-electron chi connectivity index (χ4n) is 3.14. The number of esters is 1. The van der Waals surface area contributed by atoms with Gasteiger partial charge in [-0.15, -0.1) is 0 Å². The largest absolute Gasteiger partial charge is 0.467 e. The second-order valence-electron chi connectivity index (χ2n) is 6.96. The van der Waals surface area contributed by atoms with E-state index in [9.17, 15) is 15.0 Å². The molecule has 2 N–H and O–H groups in total. The lowest BCUT2D eigenvalue weighted by atomic mass is 10.0. The molecule has 0 saturated carbocycles. The van der Waals surface area contributed by atoms with E-state index < -0.39 is 30.6 Å². The Morgan fingerprint density at radius 3 is 2.53 bits per heavy atom. The Labute approximate surface area is 174 Å². The molecule has 3 rings (SSSR count). The molecule has 1 aliphatic rings. The van der Waals surface area contributed by atoms with E-state index in [0.717, 1.165) is 12.0 Å². The predicted molar refractivity (Wildman–Crippen MR) is 105 cm³/mol. The van der Waals surface area contributed by atoms with Crippen LogP contribution in [0, 0.1) is 0 Å². The smallest absolute Gasteiger partial charge is 0.335 e. The molecule has 2 heterocycles. The zero-order chi connectivity index (χ0) is 21.7. The van der Waals surface area contributed by atoms with Gasteiger partial charge in [0.2, 0.25) is 12.2 Å². The molecule has 1 aromatic carbocycles. The third-order valence-corrected chi connectivity index (χ3v) is 4.93. The molecule has 1 aliphatic heterocycles. The molecule has 4 unspecified atom stereocenters. The highest BCUT2D eigenvalue weighted by Crippen LogP contribution is 2.27. The zero-order valence-electron chi connectivity index (χ0n) is 17.1. The monoisotopic (exact) mass is 418 g/mol. The van der Waals surface area contributed by atoms with Crippen LogP contribution in [0.4, 0.5) is 0 Å². The molecule has 0 spiro atoms. The van der Waals surface area contributed by atoms with Crippen LogP contribution in [0.5, 0.6) is 11.9 Å². The Hall–Kier alpha value is -2.75. The van der Waals surface area contributed by atoms with Gasteiger partial charge >= 0.3 is 12.0 Å². The lowest BCUT2D eigenvalue weighted by Crippen LogP contribution is -2.53. The molecule has 0 bridgehead atoms. The molecule has 30 heavy (non-hydrogen) atoms. The Kier molecular flexibility index (Phi) is 7.20. The number of benzene rings is 1. The van der Waals surface area contributed by atoms with Crippen molar-refractivity contribution in [2.75, 3.05) is 14.2 Å². The van der Waals surface area contributed by atoms with Crippen LogP contribution >= 0.6 is 0 Å². The number of aromatic nitrogens is 2. The number of hydrogen-bond acceptors (Lipinski definition) is 9. The van der Waals surface area contributed by atoms with Gasteiger partial charge in [-0.25, -0.2) is 9.78 Å². The summed E-state index contributed by atoms with van der Waals surface area (Å²) in [5.41, 5.74) is 2.87. The van der Waals surface area contributed by atoms with Crippen LogP contribution in [-0.2, 0) is 27.1 Å². The Morgan fingerprint density at radius 2 is 1.90 bits per heavy atom. The van der Waals surface area contributed by atoms with Crippen LogP contribution in [0.25, 0.3) is 0 Å². The topological polar surface area (TPSA) is 120 Å². The van der Waals surface area contributed by atoms with Gasteiger partial charge in [-0.3, -0.25) is 0 Å². The summed E-state index contributed by atoms with van der Waals surface area (Å²) in [5, 5.41) is 20.4. The molecule has 0 amide bonds. The van der Waals surface area contributed by atoms with E-state index in [0.29, 0.717) is 12.0 Å². The number of methoxy groups -OCH3 is 2. The minimum atomic E-state index is -1.37. The summed E-state index contributed by atoms with van der Waals surface area (Å²) in [4.78, 5) is 20.2. The van der Waals surface area contributed by atoms with E-state index in [1.54, 1.807) is 6.20 Å². The van der Waals surface area contributed by atoms with E-state index in [4.69, 9.17) is 14.2 Å². The van der Waals surface area contributed by atoms with Gasteiger partial charge in [0.05, 0.1) is 20.3 Å². The standard InChI is InChI=1S/C21H26N2O7/c1-4-12-5-7-13(8-6-12)9-14-11-22-21(28-3)23-18(14)30-20-17(25)15(24)10-16(29-20)19(26)27-2/h5-8,11,15-17,20,24-25H,4,9-10H2,1-3H3. The van der Waals surface area contributed by atoms with Gasteiger partial charge in [0.15, 0.2) is 6.10 Å². The van der Waals surface area contributed by atoms with Crippen molar-refractivity contribution in [1.82, 2.24) is 9.97 Å². The van der Waals surface area contributed by atoms with Gasteiger partial charge < -0.3 is 29.2 Å². The maximum atomic E-state index is 11.8. The third-order valence-electron chi connectivity index (χ3n) is 4.93. The number of nitrogens with zero attached hydrogens (tertiary/aromatic N) is 2. The number of hydrogen-bond donors (Lipinski definition) is 2. The van der Waals surface area contributed by atoms with Crippen molar-refractivity contribution in [2.24, 2.45) is 0 Å². The van der Waals surface area contributed by atoms with E-state index in [2.05, 4.69) is 21.6 Å². The van der Waals surface area contributed by atoms with E-state index in [-0.39, 0.29) is 18.3 Å². The first kappa shape index (κ1) is 21.9. The van der Waals surface area contributed by atoms with Gasteiger partial charge in [-0.05, 0) is 17.5 Å². The second kappa shape index (κ2) is 9.84. The highest BCUT2D eigenvalue weighted by atomic mass is 16.7. The second-order valence-corrected chi connectivity index (χ2v) is 6.96. The van der Waals surface area contributed by atoms with Gasteiger partial charge in [0.25, 0.3) is 0 Å². The first-order chi connectivity index (χ1) is 14.4. The summed E-state index contributed by atoms with van der Waals surface area (Å²) in [6, 6.07) is 8.19. The van der Waals surface area contributed by atoms with Gasteiger partial charge in [-0.2, -0.15) is 4.98 Å². The Bertz CT molecular complexity index is 859. The van der Waals surface area contributed by atoms with Crippen molar-refractivity contribution in [3.05, 3.63) is 47.2 Å². The van der Waals surface area contributed by atoms with Crippen LogP contribution < -0.4 is 9.47 Å². The van der Waals surface area contributed by atoms with Crippen LogP contribution in [0.15, 0.2) is 30.5 Å². The van der Waals surface area contributed by atoms with Crippen LogP contribution in [0.2, 0.25) is 0 Å². The summed E-state index contributed by atoms with van der Waals surface area (Å²) in [6.07, 6.45) is -2.10. The highest BCUT2D eigenvalue weighted by Gasteiger charge is 2.42. The molecule has 162 valence electrons. The maximum Gasteiger partial charge on any atom is 0.335 e. The molecule has 0 aliphatic carbocycles. The van der Waals surface area contributed by atoms with Crippen molar-refractivity contribution >= 4 is 5.97 Å². The first-order valence-corrected chi connectivity index (χ1v) is 9.69. The average Bonchev–Trinajstić information content (AvgIpc) is 2.77. The van der Waals surface area contributed by atoms with Crippen molar-refractivity contribution in [3.8, 4) is 11.9 Å². The van der Waals surface area contributed by atoms with Crippen LogP contribution in [0.3, 0.4) is 0 Å². The number of aryl methyl sites for hydroxylation is 1. The van der Waals surface area contributed by atoms with Crippen LogP contribution in [0.1, 0.15) is 30.0 Å². The molecule has 1 aromatic heterocycles. The number of ether oxygens (including phenoxy) is 4. The van der Waals surface area contributed by atoms with E-state index in [1.807, 2.05) is 24.3 Å². The summed E-state index contributed by atoms with van der Waals surface area (Å²) >= 11 is 0. The molecule has 4 atom stereocenters. The normalized spacial score (nSPS) is 23.6. The molecule has 9 nitrogen and oxygen atoms in total. The lowest BCUT2D eigenvalue weighted by Gasteiger charge is -2.35. The Balaban J connectivity index is 1.84. The quantitative estimate of drug-likeness (QED) is 0.635. The zero-order valence-corrected chi connectivity index (χ0v) is 17.1. The fraction of sp³-hybridized carbons (Fsp3) is 0.476. The summed E-state index contributed by atoms with van der Waals surface area (Å²) in [7, 11) is 2.64. The average molecular weight is 418 g/mol. The lowest BCUT2D eigenvalue weighted by molar-refractivity contribution is -0.240. The van der Waals surface area contributed by atoms with Crippen molar-refractivity contribution in [1.29, 1.82) is 0 Å². The summed E-state index contributed by atoms with van der Waals surface area (Å²) in [6.45, 7) is 2.09. The molecule has 9 heteroatoms.